The Morgan fingerprint density at radius 2 is 2.00 bits per heavy atom. The van der Waals surface area contributed by atoms with E-state index in [-0.39, 0.29) is 6.04 Å². The number of hydrogen-bond acceptors (Lipinski definition) is 3. The minimum Gasteiger partial charge on any atom is -0.310 e. The molecule has 0 fully saturated rings. The summed E-state index contributed by atoms with van der Waals surface area (Å²) in [6.07, 6.45) is 2.85. The van der Waals surface area contributed by atoms with Crippen molar-refractivity contribution < 1.29 is 0 Å². The van der Waals surface area contributed by atoms with E-state index in [1.54, 1.807) is 0 Å². The van der Waals surface area contributed by atoms with Crippen LogP contribution < -0.4 is 5.32 Å². The number of halogens is 1. The van der Waals surface area contributed by atoms with E-state index in [2.05, 4.69) is 45.3 Å². The summed E-state index contributed by atoms with van der Waals surface area (Å²) in [5, 5.41) is 12.4. The fraction of sp³-hybridized carbons (Fsp3) is 0.571. The van der Waals surface area contributed by atoms with Crippen LogP contribution in [0.3, 0.4) is 0 Å². The molecule has 0 saturated heterocycles. The molecule has 0 radical (unpaired) electrons. The Balaban J connectivity index is 2.32. The third-order valence-corrected chi connectivity index (χ3v) is 4.79. The molecule has 2 heterocycles. The first kappa shape index (κ1) is 15.3. The number of likely N-dealkylation sites (N-methyl/N-ethyl adjacent to an activating group) is 1. The van der Waals surface area contributed by atoms with E-state index in [9.17, 15) is 0 Å². The molecule has 20 heavy (non-hydrogen) atoms. The van der Waals surface area contributed by atoms with Crippen molar-refractivity contribution in [3.8, 4) is 0 Å². The average Bonchev–Trinajstić information content (AvgIpc) is 2.84. The van der Waals surface area contributed by atoms with Gasteiger partial charge in [-0.25, -0.2) is 0 Å². The normalized spacial score (nSPS) is 12.9. The number of aromatic nitrogens is 4. The lowest BCUT2D eigenvalue weighted by Gasteiger charge is -2.18. The summed E-state index contributed by atoms with van der Waals surface area (Å²) in [6.45, 7) is 7.18. The van der Waals surface area contributed by atoms with Crippen molar-refractivity contribution >= 4 is 15.9 Å². The fourth-order valence-electron chi connectivity index (χ4n) is 2.49. The van der Waals surface area contributed by atoms with Crippen LogP contribution in [0.15, 0.2) is 10.7 Å². The van der Waals surface area contributed by atoms with Gasteiger partial charge in [-0.15, -0.1) is 0 Å². The van der Waals surface area contributed by atoms with Crippen LogP contribution in [0.1, 0.15) is 35.6 Å². The predicted octanol–water partition coefficient (Wildman–Crippen LogP) is 2.43. The molecule has 0 bridgehead atoms. The van der Waals surface area contributed by atoms with Gasteiger partial charge in [0.2, 0.25) is 0 Å². The zero-order chi connectivity index (χ0) is 14.9. The van der Waals surface area contributed by atoms with Crippen LogP contribution in [-0.2, 0) is 20.5 Å². The molecule has 1 unspecified atom stereocenters. The van der Waals surface area contributed by atoms with Crippen molar-refractivity contribution in [3.05, 3.63) is 33.3 Å². The molecular weight excluding hydrogens is 318 g/mol. The first-order valence-electron chi connectivity index (χ1n) is 6.85. The van der Waals surface area contributed by atoms with Crippen LogP contribution in [0.25, 0.3) is 0 Å². The molecule has 0 saturated carbocycles. The van der Waals surface area contributed by atoms with Crippen LogP contribution in [0.4, 0.5) is 0 Å². The monoisotopic (exact) mass is 339 g/mol. The average molecular weight is 340 g/mol. The van der Waals surface area contributed by atoms with Crippen molar-refractivity contribution in [2.75, 3.05) is 6.54 Å². The molecule has 2 aromatic heterocycles. The molecule has 6 heteroatoms. The van der Waals surface area contributed by atoms with E-state index < -0.39 is 0 Å². The molecular formula is C14H22BrN5. The molecule has 0 aliphatic carbocycles. The Morgan fingerprint density at radius 3 is 2.45 bits per heavy atom. The fourth-order valence-corrected chi connectivity index (χ4v) is 2.99. The van der Waals surface area contributed by atoms with Crippen molar-refractivity contribution in [3.63, 3.8) is 0 Å². The van der Waals surface area contributed by atoms with E-state index in [1.807, 2.05) is 36.6 Å². The molecule has 0 aromatic carbocycles. The Kier molecular flexibility index (Phi) is 4.65. The lowest BCUT2D eigenvalue weighted by atomic mass is 10.0. The van der Waals surface area contributed by atoms with Crippen molar-refractivity contribution in [2.45, 2.75) is 33.2 Å². The van der Waals surface area contributed by atoms with Gasteiger partial charge in [-0.3, -0.25) is 9.36 Å². The number of hydrogen-bond donors (Lipinski definition) is 1. The predicted molar refractivity (Wildman–Crippen MR) is 83.7 cm³/mol. The zero-order valence-corrected chi connectivity index (χ0v) is 14.3. The molecule has 110 valence electrons. The number of nitrogens with zero attached hydrogens (tertiary/aromatic N) is 4. The summed E-state index contributed by atoms with van der Waals surface area (Å²) in [6, 6.07) is 0.250. The summed E-state index contributed by atoms with van der Waals surface area (Å²) in [7, 11) is 3.97. The van der Waals surface area contributed by atoms with Gasteiger partial charge in [0.25, 0.3) is 0 Å². The third-order valence-electron chi connectivity index (χ3n) is 3.76. The topological polar surface area (TPSA) is 47.7 Å². The van der Waals surface area contributed by atoms with Gasteiger partial charge in [0.15, 0.2) is 0 Å². The second-order valence-electron chi connectivity index (χ2n) is 5.09. The lowest BCUT2D eigenvalue weighted by molar-refractivity contribution is 0.524. The Hall–Kier alpha value is -1.14. The summed E-state index contributed by atoms with van der Waals surface area (Å²) >= 11 is 3.64. The standard InChI is InChI=1S/C14H22BrN5/c1-6-16-12(11-8-17-19(4)10(11)3)7-13-14(15)9(2)18-20(13)5/h8,12,16H,6-7H2,1-5H3. The molecule has 0 aliphatic rings. The summed E-state index contributed by atoms with van der Waals surface area (Å²) in [4.78, 5) is 0. The van der Waals surface area contributed by atoms with E-state index in [4.69, 9.17) is 0 Å². The number of aryl methyl sites for hydroxylation is 3. The molecule has 0 spiro atoms. The Morgan fingerprint density at radius 1 is 1.30 bits per heavy atom. The molecule has 5 nitrogen and oxygen atoms in total. The highest BCUT2D eigenvalue weighted by Gasteiger charge is 2.20. The maximum atomic E-state index is 4.47. The largest absolute Gasteiger partial charge is 0.310 e. The molecule has 1 N–H and O–H groups in total. The van der Waals surface area contributed by atoms with Gasteiger partial charge >= 0.3 is 0 Å². The summed E-state index contributed by atoms with van der Waals surface area (Å²) in [5.74, 6) is 0. The van der Waals surface area contributed by atoms with E-state index >= 15 is 0 Å². The maximum absolute atomic E-state index is 4.47. The quantitative estimate of drug-likeness (QED) is 0.909. The summed E-state index contributed by atoms with van der Waals surface area (Å²) in [5.41, 5.74) is 4.68. The maximum Gasteiger partial charge on any atom is 0.0738 e. The van der Waals surface area contributed by atoms with Crippen LogP contribution in [0.5, 0.6) is 0 Å². The second kappa shape index (κ2) is 6.10. The number of rotatable bonds is 5. The van der Waals surface area contributed by atoms with Gasteiger partial charge in [0.05, 0.1) is 22.1 Å². The summed E-state index contributed by atoms with van der Waals surface area (Å²) < 4.78 is 4.98. The SMILES string of the molecule is CCNC(Cc1c(Br)c(C)nn1C)c1cnn(C)c1C. The van der Waals surface area contributed by atoms with Gasteiger partial charge in [0, 0.05) is 37.8 Å². The number of nitrogens with one attached hydrogen (secondary N) is 1. The first-order valence-corrected chi connectivity index (χ1v) is 7.64. The Labute approximate surface area is 128 Å². The van der Waals surface area contributed by atoms with Crippen molar-refractivity contribution in [2.24, 2.45) is 14.1 Å². The van der Waals surface area contributed by atoms with E-state index in [1.165, 1.54) is 17.0 Å². The highest BCUT2D eigenvalue weighted by atomic mass is 79.9. The van der Waals surface area contributed by atoms with Gasteiger partial charge in [0.1, 0.15) is 0 Å². The second-order valence-corrected chi connectivity index (χ2v) is 5.89. The van der Waals surface area contributed by atoms with Crippen molar-refractivity contribution in [1.82, 2.24) is 24.9 Å². The highest BCUT2D eigenvalue weighted by Crippen LogP contribution is 2.27. The van der Waals surface area contributed by atoms with Crippen LogP contribution in [0.2, 0.25) is 0 Å². The molecule has 1 atom stereocenters. The lowest BCUT2D eigenvalue weighted by Crippen LogP contribution is -2.24. The Bertz CT molecular complexity index is 599. The molecule has 2 rings (SSSR count). The molecule has 0 aliphatic heterocycles. The van der Waals surface area contributed by atoms with Gasteiger partial charge in [-0.1, -0.05) is 6.92 Å². The molecule has 0 amide bonds. The van der Waals surface area contributed by atoms with Crippen molar-refractivity contribution in [1.29, 1.82) is 0 Å². The highest BCUT2D eigenvalue weighted by molar-refractivity contribution is 9.10. The smallest absolute Gasteiger partial charge is 0.0738 e. The van der Waals surface area contributed by atoms with Crippen LogP contribution >= 0.6 is 15.9 Å². The first-order chi connectivity index (χ1) is 9.45. The molecule has 2 aromatic rings. The van der Waals surface area contributed by atoms with Gasteiger partial charge in [-0.05, 0) is 36.3 Å². The van der Waals surface area contributed by atoms with Gasteiger partial charge in [-0.2, -0.15) is 10.2 Å². The third kappa shape index (κ3) is 2.81. The van der Waals surface area contributed by atoms with E-state index in [0.717, 1.165) is 23.1 Å². The van der Waals surface area contributed by atoms with Crippen LogP contribution in [0, 0.1) is 13.8 Å². The minimum atomic E-state index is 0.250. The van der Waals surface area contributed by atoms with Gasteiger partial charge < -0.3 is 5.32 Å². The van der Waals surface area contributed by atoms with Crippen LogP contribution in [-0.4, -0.2) is 26.1 Å². The zero-order valence-electron chi connectivity index (χ0n) is 12.7. The van der Waals surface area contributed by atoms with E-state index in [0.29, 0.717) is 0 Å². The minimum absolute atomic E-state index is 0.250.